The topological polar surface area (TPSA) is 71.4 Å². The largest absolute Gasteiger partial charge is 0.358 e. The summed E-state index contributed by atoms with van der Waals surface area (Å²) in [5.41, 5.74) is 0.853. The summed E-state index contributed by atoms with van der Waals surface area (Å²) in [6.07, 6.45) is 4.73. The number of rotatable bonds is 4. The molecule has 23 heavy (non-hydrogen) atoms. The molecule has 0 aliphatic carbocycles. The standard InChI is InChI=1S/C16H21N3O3S/c1-17-16(20)12-18-10-7-13-11-14(5-6-15(13)18)23(21,22)19-8-3-2-4-9-19/h5-7,10-11H,2-4,8-9,12H2,1H3,(H,17,20). The first kappa shape index (κ1) is 16.0. The van der Waals surface area contributed by atoms with Gasteiger partial charge in [-0.2, -0.15) is 4.31 Å². The molecule has 0 unspecified atom stereocenters. The lowest BCUT2D eigenvalue weighted by Crippen LogP contribution is -2.35. The number of piperidine rings is 1. The van der Waals surface area contributed by atoms with E-state index in [1.54, 1.807) is 35.7 Å². The highest BCUT2D eigenvalue weighted by Crippen LogP contribution is 2.25. The van der Waals surface area contributed by atoms with Gasteiger partial charge in [0.15, 0.2) is 0 Å². The number of hydrogen-bond donors (Lipinski definition) is 1. The highest BCUT2D eigenvalue weighted by molar-refractivity contribution is 7.89. The quantitative estimate of drug-likeness (QED) is 0.922. The first-order valence-electron chi connectivity index (χ1n) is 7.82. The fraction of sp³-hybridized carbons (Fsp3) is 0.438. The third kappa shape index (κ3) is 3.11. The predicted octanol–water partition coefficient (Wildman–Crippen LogP) is 1.56. The maximum Gasteiger partial charge on any atom is 0.243 e. The van der Waals surface area contributed by atoms with Gasteiger partial charge in [0, 0.05) is 37.2 Å². The Labute approximate surface area is 136 Å². The van der Waals surface area contributed by atoms with Crippen molar-refractivity contribution in [2.24, 2.45) is 0 Å². The number of benzene rings is 1. The van der Waals surface area contributed by atoms with E-state index in [4.69, 9.17) is 0 Å². The van der Waals surface area contributed by atoms with E-state index in [-0.39, 0.29) is 12.5 Å². The minimum atomic E-state index is -3.43. The number of likely N-dealkylation sites (N-methyl/N-ethyl adjacent to an activating group) is 1. The average Bonchev–Trinajstić information content (AvgIpc) is 2.97. The molecule has 1 aromatic carbocycles. The number of amides is 1. The monoisotopic (exact) mass is 335 g/mol. The average molecular weight is 335 g/mol. The van der Waals surface area contributed by atoms with Gasteiger partial charge >= 0.3 is 0 Å². The van der Waals surface area contributed by atoms with Crippen molar-refractivity contribution in [1.29, 1.82) is 0 Å². The Morgan fingerprint density at radius 3 is 2.61 bits per heavy atom. The van der Waals surface area contributed by atoms with Crippen molar-refractivity contribution in [1.82, 2.24) is 14.2 Å². The molecule has 6 nitrogen and oxygen atoms in total. The number of fused-ring (bicyclic) bond motifs is 1. The molecule has 0 bridgehead atoms. The van der Waals surface area contributed by atoms with Crippen molar-refractivity contribution < 1.29 is 13.2 Å². The first-order valence-corrected chi connectivity index (χ1v) is 9.26. The molecule has 1 aliphatic rings. The van der Waals surface area contributed by atoms with Gasteiger partial charge in [-0.25, -0.2) is 8.42 Å². The molecule has 1 aromatic heterocycles. The van der Waals surface area contributed by atoms with E-state index in [0.29, 0.717) is 18.0 Å². The summed E-state index contributed by atoms with van der Waals surface area (Å²) in [4.78, 5) is 11.8. The van der Waals surface area contributed by atoms with Gasteiger partial charge in [-0.15, -0.1) is 0 Å². The van der Waals surface area contributed by atoms with Crippen LogP contribution in [-0.2, 0) is 21.4 Å². The van der Waals surface area contributed by atoms with Crippen LogP contribution in [0.3, 0.4) is 0 Å². The Morgan fingerprint density at radius 2 is 1.91 bits per heavy atom. The molecule has 2 aromatic rings. The minimum Gasteiger partial charge on any atom is -0.358 e. The van der Waals surface area contributed by atoms with E-state index >= 15 is 0 Å². The van der Waals surface area contributed by atoms with Gasteiger partial charge in [-0.05, 0) is 37.1 Å². The van der Waals surface area contributed by atoms with Crippen molar-refractivity contribution >= 4 is 26.8 Å². The number of sulfonamides is 1. The zero-order valence-corrected chi connectivity index (χ0v) is 14.0. The lowest BCUT2D eigenvalue weighted by Gasteiger charge is -2.25. The van der Waals surface area contributed by atoms with E-state index < -0.39 is 10.0 Å². The fourth-order valence-corrected chi connectivity index (χ4v) is 4.52. The zero-order valence-electron chi connectivity index (χ0n) is 13.2. The van der Waals surface area contributed by atoms with Gasteiger partial charge in [-0.1, -0.05) is 6.42 Å². The van der Waals surface area contributed by atoms with Crippen LogP contribution in [0.2, 0.25) is 0 Å². The second-order valence-corrected chi connectivity index (χ2v) is 7.74. The normalized spacial score (nSPS) is 16.6. The Hall–Kier alpha value is -1.86. The molecule has 3 rings (SSSR count). The zero-order chi connectivity index (χ0) is 16.4. The lowest BCUT2D eigenvalue weighted by molar-refractivity contribution is -0.121. The number of hydrogen-bond acceptors (Lipinski definition) is 3. The highest BCUT2D eigenvalue weighted by Gasteiger charge is 2.26. The predicted molar refractivity (Wildman–Crippen MR) is 88.6 cm³/mol. The number of nitrogens with one attached hydrogen (secondary N) is 1. The van der Waals surface area contributed by atoms with Gasteiger partial charge in [0.25, 0.3) is 0 Å². The number of carbonyl (C=O) groups excluding carboxylic acids is 1. The molecule has 7 heteroatoms. The summed E-state index contributed by atoms with van der Waals surface area (Å²) in [6.45, 7) is 1.41. The van der Waals surface area contributed by atoms with Crippen molar-refractivity contribution in [2.45, 2.75) is 30.7 Å². The molecule has 1 aliphatic heterocycles. The molecule has 1 amide bonds. The van der Waals surface area contributed by atoms with Gasteiger partial charge in [0.05, 0.1) is 4.90 Å². The minimum absolute atomic E-state index is 0.0903. The van der Waals surface area contributed by atoms with Crippen LogP contribution in [-0.4, -0.2) is 43.3 Å². The summed E-state index contributed by atoms with van der Waals surface area (Å²) in [7, 11) is -1.83. The van der Waals surface area contributed by atoms with Crippen molar-refractivity contribution in [3.05, 3.63) is 30.5 Å². The molecule has 0 atom stereocenters. The third-order valence-electron chi connectivity index (χ3n) is 4.29. The summed E-state index contributed by atoms with van der Waals surface area (Å²) >= 11 is 0. The van der Waals surface area contributed by atoms with Gasteiger partial charge < -0.3 is 9.88 Å². The van der Waals surface area contributed by atoms with Crippen LogP contribution >= 0.6 is 0 Å². The van der Waals surface area contributed by atoms with Crippen molar-refractivity contribution in [3.8, 4) is 0 Å². The molecule has 1 fully saturated rings. The molecular weight excluding hydrogens is 314 g/mol. The van der Waals surface area contributed by atoms with Crippen LogP contribution in [0.4, 0.5) is 0 Å². The molecular formula is C16H21N3O3S. The summed E-state index contributed by atoms with van der Waals surface area (Å²) in [5, 5.41) is 3.41. The Balaban J connectivity index is 1.93. The van der Waals surface area contributed by atoms with Crippen LogP contribution in [0, 0.1) is 0 Å². The number of aromatic nitrogens is 1. The van der Waals surface area contributed by atoms with Crippen LogP contribution in [0.1, 0.15) is 19.3 Å². The molecule has 1 saturated heterocycles. The lowest BCUT2D eigenvalue weighted by atomic mass is 10.2. The van der Waals surface area contributed by atoms with Gasteiger partial charge in [-0.3, -0.25) is 4.79 Å². The van der Waals surface area contributed by atoms with E-state index in [1.165, 1.54) is 0 Å². The number of carbonyl (C=O) groups is 1. The Morgan fingerprint density at radius 1 is 1.17 bits per heavy atom. The molecule has 0 radical (unpaired) electrons. The third-order valence-corrected chi connectivity index (χ3v) is 6.18. The van der Waals surface area contributed by atoms with Crippen molar-refractivity contribution in [2.75, 3.05) is 20.1 Å². The highest BCUT2D eigenvalue weighted by atomic mass is 32.2. The number of nitrogens with zero attached hydrogens (tertiary/aromatic N) is 2. The fourth-order valence-electron chi connectivity index (χ4n) is 2.96. The molecule has 1 N–H and O–H groups in total. The van der Waals surface area contributed by atoms with E-state index in [2.05, 4.69) is 5.32 Å². The van der Waals surface area contributed by atoms with Crippen LogP contribution in [0.25, 0.3) is 10.9 Å². The molecule has 0 saturated carbocycles. The second kappa shape index (κ2) is 6.33. The van der Waals surface area contributed by atoms with E-state index in [0.717, 1.165) is 30.2 Å². The smallest absolute Gasteiger partial charge is 0.243 e. The molecule has 2 heterocycles. The van der Waals surface area contributed by atoms with Gasteiger partial charge in [0.2, 0.25) is 15.9 Å². The Kier molecular flexibility index (Phi) is 4.41. The van der Waals surface area contributed by atoms with Crippen LogP contribution in [0.5, 0.6) is 0 Å². The summed E-state index contributed by atoms with van der Waals surface area (Å²) < 4.78 is 28.8. The van der Waals surface area contributed by atoms with Crippen molar-refractivity contribution in [3.63, 3.8) is 0 Å². The Bertz CT molecular complexity index is 820. The summed E-state index contributed by atoms with van der Waals surface area (Å²) in [6, 6.07) is 6.94. The molecule has 0 spiro atoms. The van der Waals surface area contributed by atoms with E-state index in [9.17, 15) is 13.2 Å². The van der Waals surface area contributed by atoms with E-state index in [1.807, 2.05) is 10.6 Å². The van der Waals surface area contributed by atoms with Gasteiger partial charge in [0.1, 0.15) is 6.54 Å². The SMILES string of the molecule is CNC(=O)Cn1ccc2cc(S(=O)(=O)N3CCCCC3)ccc21. The molecule has 124 valence electrons. The van der Waals surface area contributed by atoms with Crippen LogP contribution < -0.4 is 5.32 Å². The maximum absolute atomic E-state index is 12.7. The maximum atomic E-state index is 12.7. The van der Waals surface area contributed by atoms with Crippen LogP contribution in [0.15, 0.2) is 35.4 Å². The second-order valence-electron chi connectivity index (χ2n) is 5.80. The summed E-state index contributed by atoms with van der Waals surface area (Å²) in [5.74, 6) is -0.0903. The first-order chi connectivity index (χ1) is 11.0.